The number of aromatic nitrogens is 1. The molecule has 1 amide bonds. The summed E-state index contributed by atoms with van der Waals surface area (Å²) < 4.78 is 0. The number of hydrogen-bond donors (Lipinski definition) is 1. The van der Waals surface area contributed by atoms with Crippen LogP contribution < -0.4 is 15.2 Å². The smallest absolute Gasteiger partial charge is 0.268 e. The third-order valence-corrected chi connectivity index (χ3v) is 6.03. The summed E-state index contributed by atoms with van der Waals surface area (Å²) in [4.78, 5) is 19.9. The Labute approximate surface area is 161 Å². The molecule has 0 radical (unpaired) electrons. The molecule has 3 heterocycles. The molecule has 1 aliphatic heterocycles. The molecule has 0 saturated carbocycles. The fraction of sp³-hybridized carbons (Fsp3) is 0.0909. The Kier molecular flexibility index (Phi) is 3.69. The number of H-pyrrole nitrogens is 1. The average Bonchev–Trinajstić information content (AvgIpc) is 3.13. The lowest BCUT2D eigenvalue weighted by molar-refractivity contribution is -0.328. The molecule has 0 unspecified atom stereocenters. The van der Waals surface area contributed by atoms with Gasteiger partial charge in [-0.25, -0.2) is 10.3 Å². The summed E-state index contributed by atoms with van der Waals surface area (Å²) in [6, 6.07) is 21.9. The van der Waals surface area contributed by atoms with E-state index in [1.165, 1.54) is 5.56 Å². The van der Waals surface area contributed by atoms with Crippen molar-refractivity contribution in [3.63, 3.8) is 0 Å². The van der Waals surface area contributed by atoms with Gasteiger partial charge in [0.1, 0.15) is 11.1 Å². The fourth-order valence-electron chi connectivity index (χ4n) is 3.60. The van der Waals surface area contributed by atoms with Crippen molar-refractivity contribution in [3.8, 4) is 0 Å². The summed E-state index contributed by atoms with van der Waals surface area (Å²) >= 11 is 1.66. The highest BCUT2D eigenvalue weighted by Gasteiger charge is 2.40. The van der Waals surface area contributed by atoms with E-state index in [-0.39, 0.29) is 12.1 Å². The number of para-hydroxylation sites is 2. The van der Waals surface area contributed by atoms with Gasteiger partial charge < -0.3 is 0 Å². The third kappa shape index (κ3) is 2.59. The molecular weight excluding hydrogens is 354 g/mol. The van der Waals surface area contributed by atoms with E-state index in [0.29, 0.717) is 5.56 Å². The molecule has 4 aromatic rings. The van der Waals surface area contributed by atoms with Gasteiger partial charge in [-0.15, -0.1) is 11.3 Å². The number of carbonyl (C=O) groups is 1. The predicted octanol–water partition coefficient (Wildman–Crippen LogP) is 4.79. The third-order valence-electron chi connectivity index (χ3n) is 4.96. The molecule has 27 heavy (non-hydrogen) atoms. The first-order valence-corrected chi connectivity index (χ1v) is 9.74. The van der Waals surface area contributed by atoms with Gasteiger partial charge in [-0.1, -0.05) is 36.4 Å². The summed E-state index contributed by atoms with van der Waals surface area (Å²) in [5.74, 6) is 0.762. The molecule has 0 fully saturated rings. The van der Waals surface area contributed by atoms with Gasteiger partial charge in [0.05, 0.1) is 4.88 Å². The summed E-state index contributed by atoms with van der Waals surface area (Å²) in [5.41, 5.74) is 3.72. The van der Waals surface area contributed by atoms with E-state index in [1.807, 2.05) is 65.6 Å². The van der Waals surface area contributed by atoms with Crippen LogP contribution in [0.2, 0.25) is 0 Å². The van der Waals surface area contributed by atoms with Crippen LogP contribution in [0.5, 0.6) is 0 Å². The van der Waals surface area contributed by atoms with Crippen LogP contribution in [0.1, 0.15) is 27.0 Å². The van der Waals surface area contributed by atoms with Crippen LogP contribution in [-0.4, -0.2) is 5.91 Å². The summed E-state index contributed by atoms with van der Waals surface area (Å²) in [7, 11) is 0. The standard InChI is InChI=1S/C22H17N3OS/c1-14-11-12-27-19(14)21-24-20-17(13-15-7-5-6-10-18(15)23-20)22(26)25(21)16-8-3-2-4-9-16/h2-13,21H,1H3,(H,23,24)/p+1/t21-/m1/s1. The summed E-state index contributed by atoms with van der Waals surface area (Å²) in [6.45, 7) is 2.08. The Hall–Kier alpha value is -3.18. The molecule has 2 aromatic carbocycles. The normalized spacial score (nSPS) is 16.3. The van der Waals surface area contributed by atoms with Crippen LogP contribution in [0.3, 0.4) is 0 Å². The number of rotatable bonds is 2. The quantitative estimate of drug-likeness (QED) is 0.550. The molecule has 0 bridgehead atoms. The number of thiophene rings is 1. The molecular formula is C22H18N3OS+. The van der Waals surface area contributed by atoms with Gasteiger partial charge in [-0.3, -0.25) is 9.69 Å². The first-order chi connectivity index (χ1) is 13.2. The molecule has 1 aliphatic rings. The van der Waals surface area contributed by atoms with E-state index >= 15 is 0 Å². The average molecular weight is 372 g/mol. The molecule has 4 nitrogen and oxygen atoms in total. The summed E-state index contributed by atoms with van der Waals surface area (Å²) in [5, 5.41) is 6.66. The molecule has 0 saturated heterocycles. The van der Waals surface area contributed by atoms with Gasteiger partial charge in [0.15, 0.2) is 0 Å². The minimum Gasteiger partial charge on any atom is -0.268 e. The molecule has 2 N–H and O–H groups in total. The number of nitrogens with one attached hydrogen (secondary N) is 2. The Balaban J connectivity index is 1.72. The number of benzene rings is 2. The minimum atomic E-state index is -0.246. The second kappa shape index (κ2) is 6.21. The van der Waals surface area contributed by atoms with Crippen molar-refractivity contribution in [1.29, 1.82) is 0 Å². The first-order valence-electron chi connectivity index (χ1n) is 8.86. The maximum Gasteiger partial charge on any atom is 0.287 e. The Morgan fingerprint density at radius 2 is 1.81 bits per heavy atom. The van der Waals surface area contributed by atoms with E-state index in [4.69, 9.17) is 0 Å². The van der Waals surface area contributed by atoms with Crippen LogP contribution in [0.25, 0.3) is 10.9 Å². The zero-order valence-corrected chi connectivity index (χ0v) is 15.6. The first kappa shape index (κ1) is 16.0. The monoisotopic (exact) mass is 372 g/mol. The van der Waals surface area contributed by atoms with E-state index in [0.717, 1.165) is 27.3 Å². The van der Waals surface area contributed by atoms with Crippen molar-refractivity contribution in [2.24, 2.45) is 0 Å². The van der Waals surface area contributed by atoms with Gasteiger partial charge in [-0.05, 0) is 48.2 Å². The molecule has 0 spiro atoms. The molecule has 5 rings (SSSR count). The van der Waals surface area contributed by atoms with Gasteiger partial charge in [0, 0.05) is 11.1 Å². The number of hydrogen-bond acceptors (Lipinski definition) is 3. The van der Waals surface area contributed by atoms with Crippen LogP contribution in [0.4, 0.5) is 11.5 Å². The van der Waals surface area contributed by atoms with Crippen molar-refractivity contribution >= 4 is 39.7 Å². The van der Waals surface area contributed by atoms with Gasteiger partial charge in [0.2, 0.25) is 6.17 Å². The van der Waals surface area contributed by atoms with Crippen LogP contribution in [0.15, 0.2) is 72.1 Å². The van der Waals surface area contributed by atoms with Crippen LogP contribution in [0, 0.1) is 6.92 Å². The zero-order chi connectivity index (χ0) is 18.4. The van der Waals surface area contributed by atoms with Crippen molar-refractivity contribution in [3.05, 3.63) is 88.1 Å². The van der Waals surface area contributed by atoms with E-state index in [2.05, 4.69) is 28.7 Å². The highest BCUT2D eigenvalue weighted by atomic mass is 32.1. The largest absolute Gasteiger partial charge is 0.287 e. The van der Waals surface area contributed by atoms with Crippen molar-refractivity contribution in [2.45, 2.75) is 13.1 Å². The lowest BCUT2D eigenvalue weighted by Crippen LogP contribution is -2.45. The number of aryl methyl sites for hydroxylation is 1. The Bertz CT molecular complexity index is 1150. The van der Waals surface area contributed by atoms with E-state index in [1.54, 1.807) is 11.3 Å². The summed E-state index contributed by atoms with van der Waals surface area (Å²) in [6.07, 6.45) is -0.246. The topological polar surface area (TPSA) is 46.5 Å². The molecule has 2 aromatic heterocycles. The Morgan fingerprint density at radius 3 is 2.59 bits per heavy atom. The number of anilines is 2. The van der Waals surface area contributed by atoms with Crippen molar-refractivity contribution in [1.82, 2.24) is 0 Å². The van der Waals surface area contributed by atoms with Crippen molar-refractivity contribution in [2.75, 3.05) is 10.2 Å². The highest BCUT2D eigenvalue weighted by Crippen LogP contribution is 2.38. The second-order valence-electron chi connectivity index (χ2n) is 6.67. The minimum absolute atomic E-state index is 0.00486. The number of nitrogens with zero attached hydrogens (tertiary/aromatic N) is 1. The van der Waals surface area contributed by atoms with Gasteiger partial charge in [-0.2, -0.15) is 0 Å². The molecule has 1 atom stereocenters. The maximum atomic E-state index is 13.5. The van der Waals surface area contributed by atoms with Gasteiger partial charge in [0.25, 0.3) is 11.7 Å². The predicted molar refractivity (Wildman–Crippen MR) is 109 cm³/mol. The molecule has 0 aliphatic carbocycles. The number of carbonyl (C=O) groups excluding carboxylic acids is 1. The fourth-order valence-corrected chi connectivity index (χ4v) is 4.57. The van der Waals surface area contributed by atoms with Crippen LogP contribution in [-0.2, 0) is 0 Å². The van der Waals surface area contributed by atoms with Gasteiger partial charge >= 0.3 is 0 Å². The number of aromatic amines is 1. The number of fused-ring (bicyclic) bond motifs is 2. The second-order valence-corrected chi connectivity index (χ2v) is 7.62. The lowest BCUT2D eigenvalue weighted by Gasteiger charge is -2.33. The molecule has 132 valence electrons. The highest BCUT2D eigenvalue weighted by molar-refractivity contribution is 7.10. The zero-order valence-electron chi connectivity index (χ0n) is 14.8. The lowest BCUT2D eigenvalue weighted by atomic mass is 10.1. The maximum absolute atomic E-state index is 13.5. The van der Waals surface area contributed by atoms with E-state index < -0.39 is 0 Å². The Morgan fingerprint density at radius 1 is 1.04 bits per heavy atom. The van der Waals surface area contributed by atoms with E-state index in [9.17, 15) is 4.79 Å². The van der Waals surface area contributed by atoms with Crippen LogP contribution >= 0.6 is 11.3 Å². The molecule has 5 heteroatoms. The van der Waals surface area contributed by atoms with Crippen molar-refractivity contribution < 1.29 is 9.78 Å². The number of amides is 1. The SMILES string of the molecule is Cc1ccsc1[C@@H]1Nc2[nH+]c3ccccc3cc2C(=O)N1c1ccccc1. The number of pyridine rings is 1.